The average Bonchev–Trinajstić information content (AvgIpc) is 3.01. The minimum Gasteiger partial charge on any atom is -0.325 e. The molecule has 0 aliphatic carbocycles. The fraction of sp³-hybridized carbons (Fsp3) is 0.158. The standard InChI is InChI=1S/C19H10ClF6NO2S2/c20-15-12-3-1-2-4-13(12)31-16(15)17(29)30-8-14(28)27-11-6-9(18(21,22)23)5-10(7-11)19(24,25)26/h1-7H,8H2,(H,27,28). The van der Waals surface area contributed by atoms with Crippen LogP contribution >= 0.6 is 34.7 Å². The number of thiophene rings is 1. The maximum atomic E-state index is 12.9. The number of amides is 1. The molecule has 0 radical (unpaired) electrons. The zero-order chi connectivity index (χ0) is 23.0. The smallest absolute Gasteiger partial charge is 0.325 e. The Hall–Kier alpha value is -2.24. The second-order valence-corrected chi connectivity index (χ2v) is 8.54. The summed E-state index contributed by atoms with van der Waals surface area (Å²) in [5, 5.41) is 2.31. The number of hydrogen-bond donors (Lipinski definition) is 1. The molecular formula is C19H10ClF6NO2S2. The van der Waals surface area contributed by atoms with Gasteiger partial charge in [-0.2, -0.15) is 26.3 Å². The summed E-state index contributed by atoms with van der Waals surface area (Å²) >= 11 is 7.83. The molecule has 0 bridgehead atoms. The second kappa shape index (κ2) is 8.71. The lowest BCUT2D eigenvalue weighted by molar-refractivity contribution is -0.143. The van der Waals surface area contributed by atoms with Crippen molar-refractivity contribution >= 4 is 61.5 Å². The summed E-state index contributed by atoms with van der Waals surface area (Å²) in [4.78, 5) is 24.6. The van der Waals surface area contributed by atoms with E-state index in [0.29, 0.717) is 29.3 Å². The van der Waals surface area contributed by atoms with E-state index in [1.807, 2.05) is 5.32 Å². The van der Waals surface area contributed by atoms with Crippen molar-refractivity contribution < 1.29 is 35.9 Å². The van der Waals surface area contributed by atoms with Gasteiger partial charge in [0.15, 0.2) is 0 Å². The van der Waals surface area contributed by atoms with Gasteiger partial charge in [0.05, 0.1) is 21.9 Å². The highest BCUT2D eigenvalue weighted by atomic mass is 35.5. The van der Waals surface area contributed by atoms with E-state index in [9.17, 15) is 35.9 Å². The van der Waals surface area contributed by atoms with Crippen molar-refractivity contribution in [2.24, 2.45) is 0 Å². The van der Waals surface area contributed by atoms with Crippen LogP contribution in [0, 0.1) is 0 Å². The molecule has 0 spiro atoms. The molecule has 31 heavy (non-hydrogen) atoms. The normalized spacial score (nSPS) is 12.2. The van der Waals surface area contributed by atoms with Gasteiger partial charge in [-0.25, -0.2) is 0 Å². The van der Waals surface area contributed by atoms with Gasteiger partial charge in [0.1, 0.15) is 4.88 Å². The molecule has 1 amide bonds. The molecule has 2 aromatic carbocycles. The van der Waals surface area contributed by atoms with E-state index in [4.69, 9.17) is 11.6 Å². The molecule has 3 rings (SSSR count). The zero-order valence-electron chi connectivity index (χ0n) is 15.0. The van der Waals surface area contributed by atoms with Crippen molar-refractivity contribution in [3.05, 3.63) is 63.5 Å². The lowest BCUT2D eigenvalue weighted by atomic mass is 10.1. The van der Waals surface area contributed by atoms with Gasteiger partial charge in [-0.3, -0.25) is 9.59 Å². The second-order valence-electron chi connectivity index (χ2n) is 6.16. The first kappa shape index (κ1) is 23.4. The molecule has 0 fully saturated rings. The molecule has 1 heterocycles. The van der Waals surface area contributed by atoms with Crippen molar-refractivity contribution in [2.45, 2.75) is 12.4 Å². The van der Waals surface area contributed by atoms with E-state index in [-0.39, 0.29) is 16.0 Å². The number of alkyl halides is 6. The third-order valence-electron chi connectivity index (χ3n) is 3.93. The predicted molar refractivity (Wildman–Crippen MR) is 109 cm³/mol. The van der Waals surface area contributed by atoms with Gasteiger partial charge in [0, 0.05) is 15.8 Å². The number of carbonyl (C=O) groups is 2. The summed E-state index contributed by atoms with van der Waals surface area (Å²) in [6, 6.07) is 7.71. The quantitative estimate of drug-likeness (QED) is 0.391. The fourth-order valence-electron chi connectivity index (χ4n) is 2.57. The average molecular weight is 498 g/mol. The van der Waals surface area contributed by atoms with Crippen LogP contribution in [0.5, 0.6) is 0 Å². The minimum atomic E-state index is -5.04. The van der Waals surface area contributed by atoms with Gasteiger partial charge in [-0.15, -0.1) is 11.3 Å². The van der Waals surface area contributed by atoms with E-state index < -0.39 is 45.9 Å². The highest BCUT2D eigenvalue weighted by molar-refractivity contribution is 8.15. The largest absolute Gasteiger partial charge is 0.416 e. The van der Waals surface area contributed by atoms with Crippen LogP contribution in [0.25, 0.3) is 10.1 Å². The number of carbonyl (C=O) groups excluding carboxylic acids is 2. The molecule has 0 aliphatic rings. The highest BCUT2D eigenvalue weighted by Crippen LogP contribution is 2.38. The summed E-state index contributed by atoms with van der Waals surface area (Å²) in [6.45, 7) is 0. The van der Waals surface area contributed by atoms with Crippen LogP contribution in [0.4, 0.5) is 32.0 Å². The Morgan fingerprint density at radius 1 is 0.968 bits per heavy atom. The van der Waals surface area contributed by atoms with Crippen molar-refractivity contribution in [1.82, 2.24) is 0 Å². The van der Waals surface area contributed by atoms with Crippen LogP contribution in [0.1, 0.15) is 20.8 Å². The first-order valence-corrected chi connectivity index (χ1v) is 10.5. The summed E-state index contributed by atoms with van der Waals surface area (Å²) in [6.07, 6.45) is -10.1. The first-order valence-electron chi connectivity index (χ1n) is 8.30. The molecule has 0 saturated heterocycles. The van der Waals surface area contributed by atoms with Crippen molar-refractivity contribution in [2.75, 3.05) is 11.1 Å². The third kappa shape index (κ3) is 5.52. The molecule has 0 aliphatic heterocycles. The van der Waals surface area contributed by atoms with Crippen LogP contribution in [0.3, 0.4) is 0 Å². The van der Waals surface area contributed by atoms with Crippen LogP contribution in [-0.2, 0) is 17.1 Å². The number of nitrogens with one attached hydrogen (secondary N) is 1. The van der Waals surface area contributed by atoms with Crippen molar-refractivity contribution in [3.8, 4) is 0 Å². The van der Waals surface area contributed by atoms with E-state index in [0.717, 1.165) is 16.0 Å². The van der Waals surface area contributed by atoms with Gasteiger partial charge in [0.25, 0.3) is 0 Å². The Labute approximate surface area is 184 Å². The summed E-state index contributed by atoms with van der Waals surface area (Å²) in [5.74, 6) is -1.47. The van der Waals surface area contributed by atoms with E-state index in [1.54, 1.807) is 24.3 Å². The molecule has 0 unspecified atom stereocenters. The minimum absolute atomic E-state index is 0.0443. The van der Waals surface area contributed by atoms with Crippen LogP contribution in [-0.4, -0.2) is 16.8 Å². The molecule has 1 N–H and O–H groups in total. The van der Waals surface area contributed by atoms with Crippen molar-refractivity contribution in [3.63, 3.8) is 0 Å². The number of thioether (sulfide) groups is 1. The molecule has 12 heteroatoms. The van der Waals surface area contributed by atoms with Gasteiger partial charge in [-0.05, 0) is 24.3 Å². The SMILES string of the molecule is O=C(CSC(=O)c1sc2ccccc2c1Cl)Nc1cc(C(F)(F)F)cc(C(F)(F)F)c1. The molecule has 1 aromatic heterocycles. The van der Waals surface area contributed by atoms with Gasteiger partial charge in [-0.1, -0.05) is 41.6 Å². The number of hydrogen-bond acceptors (Lipinski definition) is 4. The monoisotopic (exact) mass is 497 g/mol. The fourth-order valence-corrected chi connectivity index (χ4v) is 4.84. The van der Waals surface area contributed by atoms with Crippen molar-refractivity contribution in [1.29, 1.82) is 0 Å². The Bertz CT molecular complexity index is 1120. The first-order chi connectivity index (χ1) is 14.4. The maximum Gasteiger partial charge on any atom is 0.416 e. The number of rotatable bonds is 4. The van der Waals surface area contributed by atoms with E-state index >= 15 is 0 Å². The Kier molecular flexibility index (Phi) is 6.59. The lowest BCUT2D eigenvalue weighted by Crippen LogP contribution is -2.17. The summed E-state index contributed by atoms with van der Waals surface area (Å²) in [7, 11) is 0. The third-order valence-corrected chi connectivity index (χ3v) is 6.60. The Balaban J connectivity index is 1.73. The predicted octanol–water partition coefficient (Wildman–Crippen LogP) is 7.10. The maximum absolute atomic E-state index is 12.9. The van der Waals surface area contributed by atoms with Gasteiger partial charge < -0.3 is 5.32 Å². The van der Waals surface area contributed by atoms with Crippen LogP contribution < -0.4 is 5.32 Å². The number of fused-ring (bicyclic) bond motifs is 1. The molecule has 3 aromatic rings. The molecular weight excluding hydrogens is 488 g/mol. The number of halogens is 7. The zero-order valence-corrected chi connectivity index (χ0v) is 17.4. The van der Waals surface area contributed by atoms with E-state index in [1.165, 1.54) is 0 Å². The number of benzene rings is 2. The lowest BCUT2D eigenvalue weighted by Gasteiger charge is -2.14. The molecule has 0 saturated carbocycles. The molecule has 164 valence electrons. The molecule has 0 atom stereocenters. The van der Waals surface area contributed by atoms with Crippen LogP contribution in [0.15, 0.2) is 42.5 Å². The van der Waals surface area contributed by atoms with Gasteiger partial charge >= 0.3 is 12.4 Å². The number of anilines is 1. The Morgan fingerprint density at radius 2 is 1.55 bits per heavy atom. The summed E-state index contributed by atoms with van der Waals surface area (Å²) in [5.41, 5.74) is -3.79. The van der Waals surface area contributed by atoms with Crippen LogP contribution in [0.2, 0.25) is 5.02 Å². The highest BCUT2D eigenvalue weighted by Gasteiger charge is 2.37. The van der Waals surface area contributed by atoms with Gasteiger partial charge in [0.2, 0.25) is 11.0 Å². The summed E-state index contributed by atoms with van der Waals surface area (Å²) < 4.78 is 78.2. The molecule has 3 nitrogen and oxygen atoms in total. The van der Waals surface area contributed by atoms with E-state index in [2.05, 4.69) is 0 Å². The topological polar surface area (TPSA) is 46.2 Å². The Morgan fingerprint density at radius 3 is 2.10 bits per heavy atom.